The van der Waals surface area contributed by atoms with E-state index in [2.05, 4.69) is 25.6 Å². The lowest BCUT2D eigenvalue weighted by atomic mass is 9.99. The zero-order chi connectivity index (χ0) is 20.8. The third kappa shape index (κ3) is 4.53. The normalized spacial score (nSPS) is 10.3. The summed E-state index contributed by atoms with van der Waals surface area (Å²) in [6, 6.07) is 15.5. The van der Waals surface area contributed by atoms with E-state index in [4.69, 9.17) is 0 Å². The van der Waals surface area contributed by atoms with Crippen molar-refractivity contribution in [3.63, 3.8) is 0 Å². The van der Waals surface area contributed by atoms with Crippen molar-refractivity contribution in [3.8, 4) is 11.1 Å². The minimum Gasteiger partial charge on any atom is -0.322 e. The summed E-state index contributed by atoms with van der Waals surface area (Å²) in [5.41, 5.74) is 3.54. The minimum absolute atomic E-state index is 0.324. The van der Waals surface area contributed by atoms with Gasteiger partial charge in [0.05, 0.1) is 0 Å². The van der Waals surface area contributed by atoms with Crippen molar-refractivity contribution in [2.24, 2.45) is 0 Å². The quantitative estimate of drug-likeness (QED) is 0.531. The summed E-state index contributed by atoms with van der Waals surface area (Å²) >= 11 is 0. The van der Waals surface area contributed by atoms with Gasteiger partial charge in [-0.1, -0.05) is 0 Å². The number of benzene rings is 1. The molecule has 2 N–H and O–H groups in total. The van der Waals surface area contributed by atoms with Gasteiger partial charge in [-0.05, 0) is 65.7 Å². The van der Waals surface area contributed by atoms with Crippen LogP contribution in [-0.4, -0.2) is 26.8 Å². The van der Waals surface area contributed by atoms with E-state index >= 15 is 0 Å². The Morgan fingerprint density at radius 2 is 0.933 bits per heavy atom. The molecule has 30 heavy (non-hydrogen) atoms. The smallest absolute Gasteiger partial charge is 0.255 e. The monoisotopic (exact) mass is 395 g/mol. The summed E-state index contributed by atoms with van der Waals surface area (Å²) < 4.78 is 0. The van der Waals surface area contributed by atoms with Crippen LogP contribution < -0.4 is 10.6 Å². The van der Waals surface area contributed by atoms with Crippen LogP contribution >= 0.6 is 0 Å². The third-order valence-electron chi connectivity index (χ3n) is 4.35. The van der Waals surface area contributed by atoms with Gasteiger partial charge in [0.1, 0.15) is 0 Å². The fourth-order valence-electron chi connectivity index (χ4n) is 2.88. The van der Waals surface area contributed by atoms with Crippen molar-refractivity contribution in [3.05, 3.63) is 103 Å². The molecule has 146 valence electrons. The second-order valence-corrected chi connectivity index (χ2v) is 6.41. The Hall–Kier alpha value is -4.39. The molecule has 0 unspecified atom stereocenters. The predicted molar refractivity (Wildman–Crippen MR) is 114 cm³/mol. The molecule has 7 nitrogen and oxygen atoms in total. The number of nitrogens with one attached hydrogen (secondary N) is 2. The SMILES string of the molecule is O=C(Nc1ccncc1)c1cc(C(=O)Nc2ccncc2)cc(-c2ccncc2)c1. The highest BCUT2D eigenvalue weighted by Crippen LogP contribution is 2.23. The number of rotatable bonds is 5. The Morgan fingerprint density at radius 1 is 0.533 bits per heavy atom. The van der Waals surface area contributed by atoms with Gasteiger partial charge < -0.3 is 10.6 Å². The van der Waals surface area contributed by atoms with Gasteiger partial charge in [-0.3, -0.25) is 24.5 Å². The second kappa shape index (κ2) is 8.74. The molecule has 2 amide bonds. The summed E-state index contributed by atoms with van der Waals surface area (Å²) in [6.07, 6.45) is 9.70. The van der Waals surface area contributed by atoms with Crippen LogP contribution in [0.3, 0.4) is 0 Å². The molecule has 0 aliphatic carbocycles. The molecule has 1 aromatic carbocycles. The van der Waals surface area contributed by atoms with Gasteiger partial charge in [-0.15, -0.1) is 0 Å². The van der Waals surface area contributed by atoms with Gasteiger partial charge in [0.2, 0.25) is 0 Å². The van der Waals surface area contributed by atoms with E-state index in [-0.39, 0.29) is 11.8 Å². The van der Waals surface area contributed by atoms with Crippen molar-refractivity contribution >= 4 is 23.2 Å². The number of hydrogen-bond acceptors (Lipinski definition) is 5. The Kier molecular flexibility index (Phi) is 5.52. The molecule has 0 radical (unpaired) electrons. The van der Waals surface area contributed by atoms with Crippen LogP contribution in [-0.2, 0) is 0 Å². The van der Waals surface area contributed by atoms with Crippen molar-refractivity contribution in [1.82, 2.24) is 15.0 Å². The first-order valence-electron chi connectivity index (χ1n) is 9.17. The first-order chi connectivity index (χ1) is 14.7. The number of anilines is 2. The van der Waals surface area contributed by atoms with Gasteiger partial charge in [0, 0.05) is 59.7 Å². The number of hydrogen-bond donors (Lipinski definition) is 2. The summed E-state index contributed by atoms with van der Waals surface area (Å²) in [7, 11) is 0. The van der Waals surface area contributed by atoms with E-state index in [9.17, 15) is 9.59 Å². The molecule has 0 saturated heterocycles. The van der Waals surface area contributed by atoms with E-state index in [1.807, 2.05) is 12.1 Å². The Bertz CT molecular complexity index is 1090. The maximum Gasteiger partial charge on any atom is 0.255 e. The zero-order valence-corrected chi connectivity index (χ0v) is 15.8. The van der Waals surface area contributed by atoms with Crippen LogP contribution in [0.15, 0.2) is 91.8 Å². The highest BCUT2D eigenvalue weighted by Gasteiger charge is 2.15. The van der Waals surface area contributed by atoms with Gasteiger partial charge in [-0.2, -0.15) is 0 Å². The minimum atomic E-state index is -0.324. The summed E-state index contributed by atoms with van der Waals surface area (Å²) in [4.78, 5) is 37.6. The summed E-state index contributed by atoms with van der Waals surface area (Å²) in [5.74, 6) is -0.648. The molecule has 0 aliphatic rings. The predicted octanol–water partition coefficient (Wildman–Crippen LogP) is 4.04. The lowest BCUT2D eigenvalue weighted by Gasteiger charge is -2.11. The van der Waals surface area contributed by atoms with Crippen LogP contribution in [0.2, 0.25) is 0 Å². The molecule has 0 fully saturated rings. The largest absolute Gasteiger partial charge is 0.322 e. The van der Waals surface area contributed by atoms with E-state index in [1.54, 1.807) is 79.6 Å². The van der Waals surface area contributed by atoms with Crippen molar-refractivity contribution in [2.75, 3.05) is 10.6 Å². The van der Waals surface area contributed by atoms with Crippen LogP contribution in [0.25, 0.3) is 11.1 Å². The van der Waals surface area contributed by atoms with E-state index in [0.717, 1.165) is 11.1 Å². The van der Waals surface area contributed by atoms with Gasteiger partial charge in [-0.25, -0.2) is 0 Å². The number of amides is 2. The highest BCUT2D eigenvalue weighted by molar-refractivity contribution is 6.09. The average molecular weight is 395 g/mol. The highest BCUT2D eigenvalue weighted by atomic mass is 16.2. The molecule has 0 bridgehead atoms. The van der Waals surface area contributed by atoms with Crippen molar-refractivity contribution in [2.45, 2.75) is 0 Å². The van der Waals surface area contributed by atoms with Crippen LogP contribution in [0.5, 0.6) is 0 Å². The van der Waals surface area contributed by atoms with E-state index in [0.29, 0.717) is 22.5 Å². The van der Waals surface area contributed by atoms with E-state index < -0.39 is 0 Å². The standard InChI is InChI=1S/C23H17N5O2/c29-22(27-20-3-9-25-10-4-20)18-13-17(16-1-7-24-8-2-16)14-19(15-18)23(30)28-21-5-11-26-12-6-21/h1-15H,(H,25,27,29)(H,26,28,30). The molecular formula is C23H17N5O2. The van der Waals surface area contributed by atoms with Gasteiger partial charge in [0.25, 0.3) is 11.8 Å². The van der Waals surface area contributed by atoms with Crippen molar-refractivity contribution < 1.29 is 9.59 Å². The summed E-state index contributed by atoms with van der Waals surface area (Å²) in [5, 5.41) is 5.64. The van der Waals surface area contributed by atoms with Crippen molar-refractivity contribution in [1.29, 1.82) is 0 Å². The molecule has 0 saturated carbocycles. The molecule has 0 spiro atoms. The fourth-order valence-corrected chi connectivity index (χ4v) is 2.88. The Morgan fingerprint density at radius 3 is 1.37 bits per heavy atom. The zero-order valence-electron chi connectivity index (χ0n) is 15.8. The average Bonchev–Trinajstić information content (AvgIpc) is 2.80. The lowest BCUT2D eigenvalue weighted by molar-refractivity contribution is 0.102. The fraction of sp³-hybridized carbons (Fsp3) is 0. The maximum absolute atomic E-state index is 12.8. The topological polar surface area (TPSA) is 96.9 Å². The first kappa shape index (κ1) is 18.9. The van der Waals surface area contributed by atoms with Crippen LogP contribution in [0.1, 0.15) is 20.7 Å². The maximum atomic E-state index is 12.8. The van der Waals surface area contributed by atoms with Gasteiger partial charge in [0.15, 0.2) is 0 Å². The number of carbonyl (C=O) groups is 2. The molecule has 0 aliphatic heterocycles. The molecule has 4 rings (SSSR count). The number of aromatic nitrogens is 3. The third-order valence-corrected chi connectivity index (χ3v) is 4.35. The Balaban J connectivity index is 1.69. The lowest BCUT2D eigenvalue weighted by Crippen LogP contribution is -2.16. The van der Waals surface area contributed by atoms with E-state index in [1.165, 1.54) is 0 Å². The number of carbonyl (C=O) groups excluding carboxylic acids is 2. The van der Waals surface area contributed by atoms with Crippen LogP contribution in [0, 0.1) is 0 Å². The molecule has 3 heterocycles. The molecular weight excluding hydrogens is 378 g/mol. The first-order valence-corrected chi connectivity index (χ1v) is 9.17. The summed E-state index contributed by atoms with van der Waals surface area (Å²) in [6.45, 7) is 0. The van der Waals surface area contributed by atoms with Crippen LogP contribution in [0.4, 0.5) is 11.4 Å². The molecule has 3 aromatic heterocycles. The number of nitrogens with zero attached hydrogens (tertiary/aromatic N) is 3. The van der Waals surface area contributed by atoms with Gasteiger partial charge >= 0.3 is 0 Å². The second-order valence-electron chi connectivity index (χ2n) is 6.41. The number of pyridine rings is 3. The molecule has 4 aromatic rings. The molecule has 7 heteroatoms. The molecule has 0 atom stereocenters. The Labute approximate surface area is 172 Å².